The van der Waals surface area contributed by atoms with Gasteiger partial charge in [-0.1, -0.05) is 6.07 Å². The summed E-state index contributed by atoms with van der Waals surface area (Å²) in [7, 11) is 0. The zero-order chi connectivity index (χ0) is 14.9. The average Bonchev–Trinajstić information content (AvgIpc) is 2.79. The summed E-state index contributed by atoms with van der Waals surface area (Å²) in [4.78, 5) is 2.50. The van der Waals surface area contributed by atoms with Crippen molar-refractivity contribution in [2.24, 2.45) is 0 Å². The third-order valence-electron chi connectivity index (χ3n) is 5.09. The van der Waals surface area contributed by atoms with Crippen LogP contribution in [0.4, 0.5) is 0 Å². The highest BCUT2D eigenvalue weighted by Gasteiger charge is 2.21. The number of benzene rings is 1. The van der Waals surface area contributed by atoms with E-state index in [4.69, 9.17) is 0 Å². The minimum Gasteiger partial charge on any atom is -0.508 e. The molecule has 1 N–H and O–H groups in total. The number of fused-ring (bicyclic) bond motifs is 1. The lowest BCUT2D eigenvalue weighted by molar-refractivity contribution is 0.276. The van der Waals surface area contributed by atoms with Crippen LogP contribution < -0.4 is 0 Å². The van der Waals surface area contributed by atoms with Gasteiger partial charge in [0.05, 0.1) is 12.2 Å². The lowest BCUT2D eigenvalue weighted by atomic mass is 9.93. The number of aromatic hydroxyl groups is 1. The molecule has 0 unspecified atom stereocenters. The van der Waals surface area contributed by atoms with Crippen LogP contribution in [-0.4, -0.2) is 32.9 Å². The fourth-order valence-corrected chi connectivity index (χ4v) is 3.48. The van der Waals surface area contributed by atoms with Crippen molar-refractivity contribution in [3.8, 4) is 5.75 Å². The van der Waals surface area contributed by atoms with Gasteiger partial charge in [0, 0.05) is 31.4 Å². The van der Waals surface area contributed by atoms with Gasteiger partial charge in [0.2, 0.25) is 0 Å². The maximum absolute atomic E-state index is 9.64. The zero-order valence-electron chi connectivity index (χ0n) is 12.9. The Morgan fingerprint density at radius 1 is 1.14 bits per heavy atom. The Bertz CT molecular complexity index is 660. The summed E-state index contributed by atoms with van der Waals surface area (Å²) in [5.74, 6) is 0.383. The molecular weight excluding hydrogens is 274 g/mol. The second kappa shape index (κ2) is 5.76. The van der Waals surface area contributed by atoms with Crippen LogP contribution in [0.2, 0.25) is 0 Å². The van der Waals surface area contributed by atoms with Crippen LogP contribution >= 0.6 is 0 Å². The number of hydrogen-bond acceptors (Lipinski definition) is 3. The van der Waals surface area contributed by atoms with Crippen molar-refractivity contribution in [3.63, 3.8) is 0 Å². The molecule has 1 aliphatic heterocycles. The van der Waals surface area contributed by atoms with E-state index < -0.39 is 0 Å². The van der Waals surface area contributed by atoms with Crippen molar-refractivity contribution in [2.75, 3.05) is 13.1 Å². The molecule has 1 fully saturated rings. The molecule has 1 aromatic carbocycles. The second-order valence-electron chi connectivity index (χ2n) is 6.64. The number of aromatic nitrogens is 2. The maximum Gasteiger partial charge on any atom is 0.115 e. The van der Waals surface area contributed by atoms with Crippen LogP contribution in [0, 0.1) is 0 Å². The molecule has 0 spiro atoms. The van der Waals surface area contributed by atoms with Crippen molar-refractivity contribution in [1.82, 2.24) is 14.7 Å². The van der Waals surface area contributed by atoms with E-state index in [1.54, 1.807) is 6.07 Å². The van der Waals surface area contributed by atoms with Crippen molar-refractivity contribution < 1.29 is 5.11 Å². The van der Waals surface area contributed by atoms with Gasteiger partial charge in [-0.05, 0) is 55.4 Å². The van der Waals surface area contributed by atoms with Crippen LogP contribution in [0.15, 0.2) is 30.6 Å². The fourth-order valence-electron chi connectivity index (χ4n) is 3.48. The Kier molecular flexibility index (Phi) is 3.62. The molecule has 4 rings (SSSR count). The Hall–Kier alpha value is -1.81. The molecule has 116 valence electrons. The van der Waals surface area contributed by atoms with Gasteiger partial charge in [0.15, 0.2) is 0 Å². The zero-order valence-corrected chi connectivity index (χ0v) is 12.9. The fraction of sp³-hybridized carbons (Fsp3) is 0.500. The summed E-state index contributed by atoms with van der Waals surface area (Å²) in [6.45, 7) is 3.10. The number of rotatable bonds is 3. The predicted octanol–water partition coefficient (Wildman–Crippen LogP) is 2.91. The summed E-state index contributed by atoms with van der Waals surface area (Å²) >= 11 is 0. The molecule has 2 aromatic rings. The van der Waals surface area contributed by atoms with Gasteiger partial charge in [0.1, 0.15) is 5.75 Å². The van der Waals surface area contributed by atoms with Crippen molar-refractivity contribution in [2.45, 2.75) is 44.7 Å². The summed E-state index contributed by atoms with van der Waals surface area (Å²) in [6.07, 6.45) is 10.2. The van der Waals surface area contributed by atoms with Crippen molar-refractivity contribution >= 4 is 0 Å². The lowest BCUT2D eigenvalue weighted by Gasteiger charge is -2.25. The first-order valence-electron chi connectivity index (χ1n) is 8.34. The molecule has 4 nitrogen and oxygen atoms in total. The molecule has 0 saturated heterocycles. The molecule has 0 bridgehead atoms. The number of phenols is 1. The van der Waals surface area contributed by atoms with Crippen LogP contribution in [0.1, 0.15) is 42.0 Å². The van der Waals surface area contributed by atoms with E-state index >= 15 is 0 Å². The van der Waals surface area contributed by atoms with E-state index in [1.165, 1.54) is 36.0 Å². The van der Waals surface area contributed by atoms with Gasteiger partial charge in [0.25, 0.3) is 0 Å². The summed E-state index contributed by atoms with van der Waals surface area (Å²) < 4.78 is 2.16. The van der Waals surface area contributed by atoms with Gasteiger partial charge in [-0.3, -0.25) is 9.58 Å². The number of phenolic OH excluding ortho intramolecular Hbond substituents is 1. The van der Waals surface area contributed by atoms with Crippen molar-refractivity contribution in [3.05, 3.63) is 47.3 Å². The molecule has 0 radical (unpaired) electrons. The largest absolute Gasteiger partial charge is 0.508 e. The van der Waals surface area contributed by atoms with Gasteiger partial charge >= 0.3 is 0 Å². The monoisotopic (exact) mass is 297 g/mol. The minimum absolute atomic E-state index is 0.383. The highest BCUT2D eigenvalue weighted by Crippen LogP contribution is 2.31. The van der Waals surface area contributed by atoms with E-state index in [0.29, 0.717) is 11.8 Å². The number of hydrogen-bond donors (Lipinski definition) is 1. The average molecular weight is 297 g/mol. The van der Waals surface area contributed by atoms with Crippen LogP contribution in [0.5, 0.6) is 5.75 Å². The van der Waals surface area contributed by atoms with Crippen LogP contribution in [-0.2, 0) is 19.4 Å². The van der Waals surface area contributed by atoms with Crippen LogP contribution in [0.25, 0.3) is 0 Å². The van der Waals surface area contributed by atoms with E-state index in [0.717, 1.165) is 32.5 Å². The quantitative estimate of drug-likeness (QED) is 0.947. The predicted molar refractivity (Wildman–Crippen MR) is 85.9 cm³/mol. The van der Waals surface area contributed by atoms with E-state index in [-0.39, 0.29) is 0 Å². The molecule has 2 heterocycles. The van der Waals surface area contributed by atoms with E-state index in [1.807, 2.05) is 12.3 Å². The molecule has 0 amide bonds. The standard InChI is InChI=1S/C18H23N3O/c22-18-5-4-15-6-8-20(9-7-16(15)10-18)12-14-11-19-21(13-14)17-2-1-3-17/h4-5,10-11,13,17,22H,1-3,6-9,12H2. The van der Waals surface area contributed by atoms with E-state index in [2.05, 4.69) is 26.9 Å². The van der Waals surface area contributed by atoms with Gasteiger partial charge in [-0.2, -0.15) is 5.10 Å². The lowest BCUT2D eigenvalue weighted by Crippen LogP contribution is -2.25. The van der Waals surface area contributed by atoms with E-state index in [9.17, 15) is 5.11 Å². The Labute approximate surface area is 131 Å². The molecule has 0 atom stereocenters. The first kappa shape index (κ1) is 13.8. The summed E-state index contributed by atoms with van der Waals surface area (Å²) in [5.41, 5.74) is 4.00. The molecule has 4 heteroatoms. The first-order valence-corrected chi connectivity index (χ1v) is 8.34. The summed E-state index contributed by atoms with van der Waals surface area (Å²) in [6, 6.07) is 6.44. The van der Waals surface area contributed by atoms with Gasteiger partial charge in [-0.15, -0.1) is 0 Å². The Morgan fingerprint density at radius 3 is 2.73 bits per heavy atom. The second-order valence-corrected chi connectivity index (χ2v) is 6.64. The minimum atomic E-state index is 0.383. The maximum atomic E-state index is 9.64. The summed E-state index contributed by atoms with van der Waals surface area (Å²) in [5, 5.41) is 14.2. The van der Waals surface area contributed by atoms with Crippen molar-refractivity contribution in [1.29, 1.82) is 0 Å². The third kappa shape index (κ3) is 2.75. The highest BCUT2D eigenvalue weighted by atomic mass is 16.3. The molecular formula is C18H23N3O. The SMILES string of the molecule is Oc1ccc2c(c1)CCN(Cc1cnn(C3CCC3)c1)CC2. The smallest absolute Gasteiger partial charge is 0.115 e. The van der Waals surface area contributed by atoms with Gasteiger partial charge in [-0.25, -0.2) is 0 Å². The molecule has 1 saturated carbocycles. The topological polar surface area (TPSA) is 41.3 Å². The molecule has 1 aromatic heterocycles. The molecule has 22 heavy (non-hydrogen) atoms. The Morgan fingerprint density at radius 2 is 1.95 bits per heavy atom. The number of nitrogens with zero attached hydrogens (tertiary/aromatic N) is 3. The molecule has 2 aliphatic rings. The van der Waals surface area contributed by atoms with Gasteiger partial charge < -0.3 is 5.11 Å². The third-order valence-corrected chi connectivity index (χ3v) is 5.09. The molecule has 1 aliphatic carbocycles. The highest BCUT2D eigenvalue weighted by molar-refractivity contribution is 5.36. The van der Waals surface area contributed by atoms with Crippen LogP contribution in [0.3, 0.4) is 0 Å². The normalized spacial score (nSPS) is 19.5. The Balaban J connectivity index is 1.41. The first-order chi connectivity index (χ1) is 10.8.